The molecule has 0 unspecified atom stereocenters. The third-order valence-corrected chi connectivity index (χ3v) is 1.76. The van der Waals surface area contributed by atoms with Crippen molar-refractivity contribution in [3.8, 4) is 0 Å². The van der Waals surface area contributed by atoms with Crippen molar-refractivity contribution < 1.29 is 4.79 Å². The van der Waals surface area contributed by atoms with Gasteiger partial charge in [-0.2, -0.15) is 0 Å². The van der Waals surface area contributed by atoms with E-state index in [1.165, 1.54) is 25.7 Å². The van der Waals surface area contributed by atoms with Gasteiger partial charge in [-0.3, -0.25) is 4.79 Å². The van der Waals surface area contributed by atoms with Gasteiger partial charge in [-0.15, -0.1) is 0 Å². The molecule has 1 amide bonds. The zero-order chi connectivity index (χ0) is 10.7. The quantitative estimate of drug-likeness (QED) is 0.671. The predicted octanol–water partition coefficient (Wildman–Crippen LogP) is 3.12. The van der Waals surface area contributed by atoms with Crippen molar-refractivity contribution in [3.63, 3.8) is 0 Å². The number of hydrogen-bond acceptors (Lipinski definition) is 1. The highest BCUT2D eigenvalue weighted by Gasteiger charge is 2.14. The third kappa shape index (κ3) is 9.38. The molecule has 0 aliphatic heterocycles. The molecule has 13 heavy (non-hydrogen) atoms. The molecule has 80 valence electrons. The average molecular weight is 187 g/mol. The number of hydrogen-bond donors (Lipinski definition) is 1. The summed E-state index contributed by atoms with van der Waals surface area (Å²) in [7, 11) is 0. The first kappa shape index (κ1) is 15.0. The van der Waals surface area contributed by atoms with Gasteiger partial charge >= 0.3 is 0 Å². The average Bonchev–Trinajstić information content (AvgIpc) is 2.63. The fourth-order valence-corrected chi connectivity index (χ4v) is 1.36. The standard InChI is InChI=1S/C7H13NO.2C2H6/c1-6(9)8-7-4-2-3-5-7;2*1-2/h7H,2-5H2,1H3,(H,8,9);2*1-2H3. The largest absolute Gasteiger partial charge is 0.354 e. The van der Waals surface area contributed by atoms with Crippen molar-refractivity contribution in [2.24, 2.45) is 0 Å². The molecule has 0 bridgehead atoms. The monoisotopic (exact) mass is 187 g/mol. The zero-order valence-corrected chi connectivity index (χ0v) is 9.81. The van der Waals surface area contributed by atoms with Gasteiger partial charge in [-0.25, -0.2) is 0 Å². The summed E-state index contributed by atoms with van der Waals surface area (Å²) >= 11 is 0. The highest BCUT2D eigenvalue weighted by atomic mass is 16.1. The lowest BCUT2D eigenvalue weighted by Crippen LogP contribution is -2.30. The molecule has 0 spiro atoms. The van der Waals surface area contributed by atoms with Crippen LogP contribution in [0.4, 0.5) is 0 Å². The van der Waals surface area contributed by atoms with Gasteiger partial charge < -0.3 is 5.32 Å². The van der Waals surface area contributed by atoms with E-state index in [1.54, 1.807) is 6.92 Å². The maximum absolute atomic E-state index is 10.5. The number of amides is 1. The van der Waals surface area contributed by atoms with Gasteiger partial charge in [-0.05, 0) is 12.8 Å². The van der Waals surface area contributed by atoms with Crippen LogP contribution in [0.25, 0.3) is 0 Å². The Bertz CT molecular complexity index is 107. The van der Waals surface area contributed by atoms with Crippen LogP contribution in [0.15, 0.2) is 0 Å². The smallest absolute Gasteiger partial charge is 0.217 e. The Kier molecular flexibility index (Phi) is 13.2. The van der Waals surface area contributed by atoms with Gasteiger partial charge in [0.05, 0.1) is 0 Å². The van der Waals surface area contributed by atoms with Crippen LogP contribution in [-0.4, -0.2) is 11.9 Å². The van der Waals surface area contributed by atoms with E-state index in [4.69, 9.17) is 0 Å². The number of carbonyl (C=O) groups is 1. The summed E-state index contributed by atoms with van der Waals surface area (Å²) in [4.78, 5) is 10.5. The minimum Gasteiger partial charge on any atom is -0.354 e. The molecule has 0 aromatic heterocycles. The Morgan fingerprint density at radius 1 is 1.08 bits per heavy atom. The molecule has 0 radical (unpaired) electrons. The minimum absolute atomic E-state index is 0.113. The minimum atomic E-state index is 0.113. The Morgan fingerprint density at radius 3 is 1.77 bits per heavy atom. The van der Waals surface area contributed by atoms with Crippen LogP contribution < -0.4 is 5.32 Å². The van der Waals surface area contributed by atoms with Gasteiger partial charge in [0.2, 0.25) is 5.91 Å². The molecule has 1 aliphatic carbocycles. The molecule has 0 aromatic rings. The Balaban J connectivity index is 0. The molecule has 1 N–H and O–H groups in total. The summed E-state index contributed by atoms with van der Waals surface area (Å²) in [5, 5.41) is 2.90. The maximum Gasteiger partial charge on any atom is 0.217 e. The lowest BCUT2D eigenvalue weighted by molar-refractivity contribution is -0.119. The Hall–Kier alpha value is -0.530. The molecule has 1 fully saturated rings. The summed E-state index contributed by atoms with van der Waals surface area (Å²) in [5.41, 5.74) is 0. The Labute approximate surface area is 83.1 Å². The zero-order valence-electron chi connectivity index (χ0n) is 9.81. The van der Waals surface area contributed by atoms with E-state index in [1.807, 2.05) is 27.7 Å². The molecular weight excluding hydrogens is 162 g/mol. The van der Waals surface area contributed by atoms with Crippen molar-refractivity contribution in [2.45, 2.75) is 66.3 Å². The van der Waals surface area contributed by atoms with Crippen LogP contribution >= 0.6 is 0 Å². The number of carbonyl (C=O) groups excluding carboxylic acids is 1. The van der Waals surface area contributed by atoms with Gasteiger partial charge in [0.1, 0.15) is 0 Å². The highest BCUT2D eigenvalue weighted by Crippen LogP contribution is 2.17. The van der Waals surface area contributed by atoms with Crippen LogP contribution in [-0.2, 0) is 4.79 Å². The molecule has 2 nitrogen and oxygen atoms in total. The first-order chi connectivity index (χ1) is 6.29. The van der Waals surface area contributed by atoms with Gasteiger partial charge in [0.15, 0.2) is 0 Å². The fourth-order valence-electron chi connectivity index (χ4n) is 1.36. The van der Waals surface area contributed by atoms with Crippen molar-refractivity contribution >= 4 is 5.91 Å². The maximum atomic E-state index is 10.5. The molecular formula is C11H25NO. The van der Waals surface area contributed by atoms with E-state index >= 15 is 0 Å². The van der Waals surface area contributed by atoms with Crippen LogP contribution in [0.1, 0.15) is 60.3 Å². The van der Waals surface area contributed by atoms with Crippen LogP contribution in [0.5, 0.6) is 0 Å². The van der Waals surface area contributed by atoms with Crippen molar-refractivity contribution in [1.82, 2.24) is 5.32 Å². The summed E-state index contributed by atoms with van der Waals surface area (Å²) in [5.74, 6) is 0.113. The van der Waals surface area contributed by atoms with E-state index in [2.05, 4.69) is 5.32 Å². The second-order valence-corrected chi connectivity index (χ2v) is 2.68. The number of rotatable bonds is 1. The summed E-state index contributed by atoms with van der Waals surface area (Å²) in [6.45, 7) is 9.58. The van der Waals surface area contributed by atoms with Crippen LogP contribution in [0, 0.1) is 0 Å². The summed E-state index contributed by atoms with van der Waals surface area (Å²) in [6.07, 6.45) is 4.93. The molecule has 1 saturated carbocycles. The van der Waals surface area contributed by atoms with E-state index in [0.717, 1.165) is 0 Å². The van der Waals surface area contributed by atoms with Crippen LogP contribution in [0.3, 0.4) is 0 Å². The van der Waals surface area contributed by atoms with Crippen LogP contribution in [0.2, 0.25) is 0 Å². The second-order valence-electron chi connectivity index (χ2n) is 2.68. The topological polar surface area (TPSA) is 29.1 Å². The lowest BCUT2D eigenvalue weighted by Gasteiger charge is -2.07. The normalized spacial score (nSPS) is 14.8. The molecule has 0 aromatic carbocycles. The van der Waals surface area contributed by atoms with Gasteiger partial charge in [0.25, 0.3) is 0 Å². The first-order valence-corrected chi connectivity index (χ1v) is 5.56. The van der Waals surface area contributed by atoms with Crippen molar-refractivity contribution in [3.05, 3.63) is 0 Å². The highest BCUT2D eigenvalue weighted by molar-refractivity contribution is 5.73. The summed E-state index contributed by atoms with van der Waals surface area (Å²) in [6, 6.07) is 0.488. The SMILES string of the molecule is CC.CC.CC(=O)NC1CCCC1. The molecule has 2 heteroatoms. The van der Waals surface area contributed by atoms with E-state index < -0.39 is 0 Å². The first-order valence-electron chi connectivity index (χ1n) is 5.56. The van der Waals surface area contributed by atoms with E-state index in [-0.39, 0.29) is 5.91 Å². The van der Waals surface area contributed by atoms with E-state index in [0.29, 0.717) is 6.04 Å². The molecule has 0 atom stereocenters. The van der Waals surface area contributed by atoms with Gasteiger partial charge in [-0.1, -0.05) is 40.5 Å². The van der Waals surface area contributed by atoms with Crippen molar-refractivity contribution in [2.75, 3.05) is 0 Å². The molecule has 0 saturated heterocycles. The lowest BCUT2D eigenvalue weighted by atomic mass is 10.2. The van der Waals surface area contributed by atoms with E-state index in [9.17, 15) is 4.79 Å². The third-order valence-electron chi connectivity index (χ3n) is 1.76. The fraction of sp³-hybridized carbons (Fsp3) is 0.909. The summed E-state index contributed by atoms with van der Waals surface area (Å²) < 4.78 is 0. The molecule has 0 heterocycles. The molecule has 1 rings (SSSR count). The second kappa shape index (κ2) is 11.5. The predicted molar refractivity (Wildman–Crippen MR) is 58.8 cm³/mol. The Morgan fingerprint density at radius 2 is 1.46 bits per heavy atom. The van der Waals surface area contributed by atoms with Gasteiger partial charge in [0, 0.05) is 13.0 Å². The number of nitrogens with one attached hydrogen (secondary N) is 1. The van der Waals surface area contributed by atoms with Crippen molar-refractivity contribution in [1.29, 1.82) is 0 Å². The molecule has 1 aliphatic rings.